The van der Waals surface area contributed by atoms with Gasteiger partial charge in [0, 0.05) is 113 Å². The first-order chi connectivity index (χ1) is 26.3. The Hall–Kier alpha value is -0.860. The molecule has 12 heteroatoms. The Labute approximate surface area is 361 Å². The zero-order chi connectivity index (χ0) is 44.8. The summed E-state index contributed by atoms with van der Waals surface area (Å²) in [6.07, 6.45) is 9.75. The summed E-state index contributed by atoms with van der Waals surface area (Å²) < 4.78 is 24.1. The van der Waals surface area contributed by atoms with Gasteiger partial charge in [-0.3, -0.25) is 29.3 Å². The highest BCUT2D eigenvalue weighted by Crippen LogP contribution is 2.21. The Bertz CT molecular complexity index is 1200. The number of hydrogen-bond donors (Lipinski definition) is 0. The van der Waals surface area contributed by atoms with Crippen LogP contribution in [0.4, 0.5) is 0 Å². The van der Waals surface area contributed by atoms with Crippen LogP contribution < -0.4 is 0 Å². The van der Waals surface area contributed by atoms with E-state index in [9.17, 15) is 13.2 Å². The highest BCUT2D eigenvalue weighted by Gasteiger charge is 2.30. The van der Waals surface area contributed by atoms with E-state index in [4.69, 9.17) is 0 Å². The third kappa shape index (κ3) is 22.3. The highest BCUT2D eigenvalue weighted by atomic mass is 32.2. The fourth-order valence-corrected chi connectivity index (χ4v) is 8.82. The molecule has 5 aliphatic heterocycles. The fourth-order valence-electron chi connectivity index (χ4n) is 7.99. The molecule has 5 fully saturated rings. The minimum absolute atomic E-state index is 0.142. The van der Waals surface area contributed by atoms with E-state index in [1.807, 2.05) is 4.90 Å². The van der Waals surface area contributed by atoms with E-state index < -0.39 is 10.0 Å². The number of piperidine rings is 2. The molecule has 0 saturated carbocycles. The molecule has 0 aromatic rings. The molecule has 1 amide bonds. The van der Waals surface area contributed by atoms with Crippen LogP contribution in [-0.4, -0.2) is 199 Å². The van der Waals surface area contributed by atoms with E-state index in [2.05, 4.69) is 140 Å². The van der Waals surface area contributed by atoms with Gasteiger partial charge in [-0.15, -0.1) is 0 Å². The summed E-state index contributed by atoms with van der Waals surface area (Å²) in [6, 6.07) is 0. The lowest BCUT2D eigenvalue weighted by Gasteiger charge is -2.42. The van der Waals surface area contributed by atoms with Gasteiger partial charge in [0.05, 0.1) is 6.26 Å². The maximum Gasteiger partial charge on any atom is 0.219 e. The summed E-state index contributed by atoms with van der Waals surface area (Å²) >= 11 is 0. The predicted octanol–water partition coefficient (Wildman–Crippen LogP) is 6.89. The van der Waals surface area contributed by atoms with E-state index in [-0.39, 0.29) is 17.0 Å². The lowest BCUT2D eigenvalue weighted by Crippen LogP contribution is -2.54. The first-order valence-corrected chi connectivity index (χ1v) is 24.8. The third-order valence-corrected chi connectivity index (χ3v) is 13.7. The third-order valence-electron chi connectivity index (χ3n) is 12.4. The topological polar surface area (TPSA) is 77.1 Å². The van der Waals surface area contributed by atoms with Crippen LogP contribution in [0.2, 0.25) is 0 Å². The van der Waals surface area contributed by atoms with Crippen molar-refractivity contribution in [2.24, 2.45) is 0 Å². The maximum absolute atomic E-state index is 11.3. The summed E-state index contributed by atoms with van der Waals surface area (Å²) in [5.41, 5.74) is 1.55. The molecule has 5 heterocycles. The van der Waals surface area contributed by atoms with E-state index in [1.54, 1.807) is 11.2 Å². The van der Waals surface area contributed by atoms with Gasteiger partial charge in [-0.1, -0.05) is 12.8 Å². The Balaban J connectivity index is 0.000000365. The van der Waals surface area contributed by atoms with Crippen LogP contribution in [0, 0.1) is 0 Å². The van der Waals surface area contributed by atoms with E-state index in [1.165, 1.54) is 97.1 Å². The van der Waals surface area contributed by atoms with Crippen LogP contribution in [0.15, 0.2) is 0 Å². The number of likely N-dealkylation sites (tertiary alicyclic amines) is 2. The summed E-state index contributed by atoms with van der Waals surface area (Å²) in [4.78, 5) is 27.8. The number of carbonyl (C=O) groups excluding carboxylic acids is 1. The summed E-state index contributed by atoms with van der Waals surface area (Å²) in [5.74, 6) is 0.202. The molecule has 5 rings (SSSR count). The van der Waals surface area contributed by atoms with Crippen LogP contribution >= 0.6 is 0 Å². The molecule has 0 spiro atoms. The molecule has 346 valence electrons. The van der Waals surface area contributed by atoms with Gasteiger partial charge < -0.3 is 9.80 Å². The molecule has 0 aromatic carbocycles. The fraction of sp³-hybridized carbons (Fsp3) is 0.978. The second-order valence-corrected chi connectivity index (χ2v) is 24.4. The molecule has 0 aliphatic carbocycles. The van der Waals surface area contributed by atoms with E-state index in [0.29, 0.717) is 29.7 Å². The minimum atomic E-state index is -2.99. The Morgan fingerprint density at radius 1 is 0.379 bits per heavy atom. The average Bonchev–Trinajstić information content (AvgIpc) is 3.12. The Morgan fingerprint density at radius 3 is 0.845 bits per heavy atom. The Kier molecular flexibility index (Phi) is 22.9. The maximum atomic E-state index is 11.3. The normalized spacial score (nSPS) is 22.6. The highest BCUT2D eigenvalue weighted by molar-refractivity contribution is 7.88. The second kappa shape index (κ2) is 24.1. The van der Waals surface area contributed by atoms with Gasteiger partial charge >= 0.3 is 0 Å². The molecular weight excluding hydrogens is 745 g/mol. The molecule has 0 N–H and O–H groups in total. The van der Waals surface area contributed by atoms with Crippen LogP contribution in [-0.2, 0) is 14.8 Å². The predicted molar refractivity (Wildman–Crippen MR) is 250 cm³/mol. The van der Waals surface area contributed by atoms with Crippen molar-refractivity contribution < 1.29 is 13.2 Å². The number of carbonyl (C=O) groups is 1. The molecule has 0 radical (unpaired) electrons. The molecule has 5 saturated heterocycles. The summed E-state index contributed by atoms with van der Waals surface area (Å²) in [7, 11) is -0.794. The monoisotopic (exact) mass is 843 g/mol. The van der Waals surface area contributed by atoms with Crippen molar-refractivity contribution >= 4 is 15.9 Å². The standard InChI is InChI=1S/C10H20N2O.C9H20N2O2S.C9H20N2.2C9H19N/c1-9(13)11-5-7-12(8-6-11)10(2,3)4;1-9(2,3)10-5-7-11(8-6-10)14(4,12)13;1-9(2,3)11-7-5-10(4)6-8-11;2*1-9(2,3)10-7-5-4-6-8-10/h5-8H2,1-4H3;5-8H2,1-4H3;5-8H2,1-4H3;2*4-8H2,1-3H3. The summed E-state index contributed by atoms with van der Waals surface area (Å²) in [5, 5.41) is 0. The van der Waals surface area contributed by atoms with Gasteiger partial charge in [0.15, 0.2) is 0 Å². The Morgan fingerprint density at radius 2 is 0.621 bits per heavy atom. The molecule has 0 unspecified atom stereocenters. The minimum Gasteiger partial charge on any atom is -0.340 e. The van der Waals surface area contributed by atoms with Gasteiger partial charge in [0.2, 0.25) is 15.9 Å². The zero-order valence-corrected chi connectivity index (χ0v) is 42.6. The number of nitrogens with zero attached hydrogens (tertiary/aromatic N) is 8. The number of hydrogen-bond acceptors (Lipinski definition) is 9. The van der Waals surface area contributed by atoms with Crippen molar-refractivity contribution in [2.45, 2.75) is 177 Å². The van der Waals surface area contributed by atoms with Crippen LogP contribution in [0.3, 0.4) is 0 Å². The lowest BCUT2D eigenvalue weighted by molar-refractivity contribution is -0.131. The van der Waals surface area contributed by atoms with Gasteiger partial charge in [-0.05, 0) is 163 Å². The van der Waals surface area contributed by atoms with E-state index in [0.717, 1.165) is 39.3 Å². The molecule has 5 aliphatic rings. The first-order valence-electron chi connectivity index (χ1n) is 23.0. The van der Waals surface area contributed by atoms with Crippen LogP contribution in [0.1, 0.15) is 149 Å². The van der Waals surface area contributed by atoms with Crippen molar-refractivity contribution in [3.8, 4) is 0 Å². The average molecular weight is 843 g/mol. The number of piperazine rings is 3. The van der Waals surface area contributed by atoms with Crippen molar-refractivity contribution in [3.63, 3.8) is 0 Å². The molecular formula is C46H98N8O3S. The van der Waals surface area contributed by atoms with Crippen molar-refractivity contribution in [3.05, 3.63) is 0 Å². The smallest absolute Gasteiger partial charge is 0.219 e. The molecule has 0 bridgehead atoms. The largest absolute Gasteiger partial charge is 0.340 e. The molecule has 11 nitrogen and oxygen atoms in total. The zero-order valence-electron chi connectivity index (χ0n) is 41.8. The van der Waals surface area contributed by atoms with Crippen molar-refractivity contribution in [2.75, 3.05) is 118 Å². The molecule has 0 atom stereocenters. The molecule has 58 heavy (non-hydrogen) atoms. The van der Waals surface area contributed by atoms with Gasteiger partial charge in [0.1, 0.15) is 0 Å². The van der Waals surface area contributed by atoms with Gasteiger partial charge in [-0.2, -0.15) is 4.31 Å². The van der Waals surface area contributed by atoms with Gasteiger partial charge in [-0.25, -0.2) is 8.42 Å². The number of sulfonamides is 1. The lowest BCUT2D eigenvalue weighted by atomic mass is 10.0. The quantitative estimate of drug-likeness (QED) is 0.281. The number of likely N-dealkylation sites (N-methyl/N-ethyl adjacent to an activating group) is 1. The second-order valence-electron chi connectivity index (χ2n) is 22.4. The number of rotatable bonds is 1. The van der Waals surface area contributed by atoms with Crippen molar-refractivity contribution in [1.82, 2.24) is 38.6 Å². The van der Waals surface area contributed by atoms with Crippen LogP contribution in [0.25, 0.3) is 0 Å². The van der Waals surface area contributed by atoms with Gasteiger partial charge in [0.25, 0.3) is 0 Å². The van der Waals surface area contributed by atoms with Crippen LogP contribution in [0.5, 0.6) is 0 Å². The SMILES string of the molecule is CC(=O)N1CCN(C(C)(C)C)CC1.CC(C)(C)N1CCCCC1.CC(C)(C)N1CCCCC1.CC(C)(C)N1CCN(S(C)(=O)=O)CC1.CN1CCN(C(C)(C)C)CC1. The first kappa shape index (κ1) is 55.2. The van der Waals surface area contributed by atoms with E-state index >= 15 is 0 Å². The number of amides is 1. The van der Waals surface area contributed by atoms with Crippen molar-refractivity contribution in [1.29, 1.82) is 0 Å². The molecule has 0 aromatic heterocycles. The summed E-state index contributed by atoms with van der Waals surface area (Å²) in [6.45, 7) is 52.3.